The zero-order chi connectivity index (χ0) is 11.7. The van der Waals surface area contributed by atoms with Gasteiger partial charge in [0.15, 0.2) is 0 Å². The molecule has 0 spiro atoms. The van der Waals surface area contributed by atoms with Crippen molar-refractivity contribution >= 4 is 5.91 Å². The fourth-order valence-electron chi connectivity index (χ4n) is 2.34. The molecule has 3 rings (SSSR count). The summed E-state index contributed by atoms with van der Waals surface area (Å²) in [4.78, 5) is 11.9. The number of hydrogen-bond acceptors (Lipinski definition) is 2. The molecule has 1 amide bonds. The first-order valence-corrected chi connectivity index (χ1v) is 6.45. The van der Waals surface area contributed by atoms with Crippen molar-refractivity contribution in [1.82, 2.24) is 10.9 Å². The molecule has 0 unspecified atom stereocenters. The van der Waals surface area contributed by atoms with Crippen LogP contribution in [-0.2, 0) is 0 Å². The van der Waals surface area contributed by atoms with E-state index in [2.05, 4.69) is 10.9 Å². The lowest BCUT2D eigenvalue weighted by Crippen LogP contribution is -2.46. The second-order valence-electron chi connectivity index (χ2n) is 5.17. The Kier molecular flexibility index (Phi) is 2.85. The van der Waals surface area contributed by atoms with E-state index in [0.717, 1.165) is 11.8 Å². The Hall–Kier alpha value is -1.35. The van der Waals surface area contributed by atoms with Crippen molar-refractivity contribution in [2.24, 2.45) is 11.8 Å². The smallest absolute Gasteiger partial charge is 0.265 e. The van der Waals surface area contributed by atoms with Gasteiger partial charge in [-0.05, 0) is 49.7 Å². The SMILES string of the molecule is O=C(NNC(C1CC1)C1CC1)c1ccccc1. The number of carbonyl (C=O) groups excluding carboxylic acids is 1. The van der Waals surface area contributed by atoms with Gasteiger partial charge in [-0.15, -0.1) is 0 Å². The third-order valence-electron chi connectivity index (χ3n) is 3.65. The maximum atomic E-state index is 11.9. The monoisotopic (exact) mass is 230 g/mol. The molecule has 90 valence electrons. The third-order valence-corrected chi connectivity index (χ3v) is 3.65. The van der Waals surface area contributed by atoms with Crippen molar-refractivity contribution in [2.45, 2.75) is 31.7 Å². The zero-order valence-corrected chi connectivity index (χ0v) is 9.86. The molecular weight excluding hydrogens is 212 g/mol. The third kappa shape index (κ3) is 2.67. The topological polar surface area (TPSA) is 41.1 Å². The number of nitrogens with one attached hydrogen (secondary N) is 2. The van der Waals surface area contributed by atoms with Crippen LogP contribution in [0.25, 0.3) is 0 Å². The largest absolute Gasteiger partial charge is 0.287 e. The summed E-state index contributed by atoms with van der Waals surface area (Å²) in [7, 11) is 0. The number of carbonyl (C=O) groups is 1. The predicted molar refractivity (Wildman–Crippen MR) is 66.3 cm³/mol. The maximum absolute atomic E-state index is 11.9. The van der Waals surface area contributed by atoms with Gasteiger partial charge in [0.05, 0.1) is 0 Å². The molecule has 17 heavy (non-hydrogen) atoms. The van der Waals surface area contributed by atoms with Gasteiger partial charge in [-0.3, -0.25) is 10.2 Å². The summed E-state index contributed by atoms with van der Waals surface area (Å²) in [5.74, 6) is 1.55. The Morgan fingerprint density at radius 2 is 1.65 bits per heavy atom. The molecule has 0 bridgehead atoms. The van der Waals surface area contributed by atoms with Crippen molar-refractivity contribution in [3.8, 4) is 0 Å². The van der Waals surface area contributed by atoms with E-state index in [-0.39, 0.29) is 5.91 Å². The Morgan fingerprint density at radius 1 is 1.06 bits per heavy atom. The summed E-state index contributed by atoms with van der Waals surface area (Å²) in [6.07, 6.45) is 5.26. The van der Waals surface area contributed by atoms with E-state index in [4.69, 9.17) is 0 Å². The molecule has 3 heteroatoms. The van der Waals surface area contributed by atoms with Crippen molar-refractivity contribution in [2.75, 3.05) is 0 Å². The van der Waals surface area contributed by atoms with Crippen LogP contribution in [0.2, 0.25) is 0 Å². The summed E-state index contributed by atoms with van der Waals surface area (Å²) in [5.41, 5.74) is 6.81. The van der Waals surface area contributed by atoms with Crippen LogP contribution in [0.15, 0.2) is 30.3 Å². The van der Waals surface area contributed by atoms with Gasteiger partial charge in [0, 0.05) is 11.6 Å². The van der Waals surface area contributed by atoms with Crippen molar-refractivity contribution in [1.29, 1.82) is 0 Å². The van der Waals surface area contributed by atoms with Gasteiger partial charge in [-0.2, -0.15) is 0 Å². The van der Waals surface area contributed by atoms with Crippen LogP contribution in [0.3, 0.4) is 0 Å². The number of benzene rings is 1. The minimum atomic E-state index is -0.0306. The van der Waals surface area contributed by atoms with Gasteiger partial charge in [0.25, 0.3) is 5.91 Å². The fraction of sp³-hybridized carbons (Fsp3) is 0.500. The Labute approximate surface area is 102 Å². The van der Waals surface area contributed by atoms with Crippen LogP contribution in [-0.4, -0.2) is 11.9 Å². The fourth-order valence-corrected chi connectivity index (χ4v) is 2.34. The highest BCUT2D eigenvalue weighted by Crippen LogP contribution is 2.44. The molecular formula is C14H18N2O. The first-order chi connectivity index (χ1) is 8.34. The van der Waals surface area contributed by atoms with Gasteiger partial charge >= 0.3 is 0 Å². The molecule has 2 saturated carbocycles. The molecule has 0 atom stereocenters. The van der Waals surface area contributed by atoms with Crippen molar-refractivity contribution in [3.05, 3.63) is 35.9 Å². The molecule has 0 radical (unpaired) electrons. The number of hydrogen-bond donors (Lipinski definition) is 2. The van der Waals surface area contributed by atoms with Crippen LogP contribution >= 0.6 is 0 Å². The number of hydrazine groups is 1. The number of amides is 1. The minimum Gasteiger partial charge on any atom is -0.287 e. The lowest BCUT2D eigenvalue weighted by Gasteiger charge is -2.18. The molecule has 3 nitrogen and oxygen atoms in total. The van der Waals surface area contributed by atoms with Crippen LogP contribution in [0.4, 0.5) is 0 Å². The van der Waals surface area contributed by atoms with Crippen LogP contribution in [0.5, 0.6) is 0 Å². The van der Waals surface area contributed by atoms with E-state index in [1.807, 2.05) is 30.3 Å². The summed E-state index contributed by atoms with van der Waals surface area (Å²) in [6.45, 7) is 0. The molecule has 1 aromatic rings. The van der Waals surface area contributed by atoms with E-state index < -0.39 is 0 Å². The molecule has 2 aliphatic rings. The lowest BCUT2D eigenvalue weighted by molar-refractivity contribution is 0.0919. The second kappa shape index (κ2) is 4.49. The van der Waals surface area contributed by atoms with E-state index in [9.17, 15) is 4.79 Å². The van der Waals surface area contributed by atoms with E-state index >= 15 is 0 Å². The summed E-state index contributed by atoms with van der Waals surface area (Å²) in [5, 5.41) is 0. The van der Waals surface area contributed by atoms with E-state index in [1.165, 1.54) is 25.7 Å². The normalized spacial score (nSPS) is 19.4. The van der Waals surface area contributed by atoms with Gasteiger partial charge in [-0.25, -0.2) is 5.43 Å². The minimum absolute atomic E-state index is 0.0306. The average Bonchev–Trinajstić information content (AvgIpc) is 3.24. The van der Waals surface area contributed by atoms with E-state index in [1.54, 1.807) is 0 Å². The standard InChI is InChI=1S/C14H18N2O/c17-14(12-4-2-1-3-5-12)16-15-13(10-6-7-10)11-8-9-11/h1-5,10-11,13,15H,6-9H2,(H,16,17). The predicted octanol–water partition coefficient (Wildman–Crippen LogP) is 2.11. The van der Waals surface area contributed by atoms with E-state index in [0.29, 0.717) is 11.6 Å². The quantitative estimate of drug-likeness (QED) is 0.761. The molecule has 2 fully saturated rings. The second-order valence-corrected chi connectivity index (χ2v) is 5.17. The highest BCUT2D eigenvalue weighted by atomic mass is 16.2. The van der Waals surface area contributed by atoms with Gasteiger partial charge in [0.2, 0.25) is 0 Å². The Bertz CT molecular complexity index is 384. The highest BCUT2D eigenvalue weighted by Gasteiger charge is 2.41. The number of rotatable bonds is 5. The summed E-state index contributed by atoms with van der Waals surface area (Å²) >= 11 is 0. The van der Waals surface area contributed by atoms with Crippen LogP contribution < -0.4 is 10.9 Å². The van der Waals surface area contributed by atoms with Crippen molar-refractivity contribution in [3.63, 3.8) is 0 Å². The molecule has 0 aliphatic heterocycles. The highest BCUT2D eigenvalue weighted by molar-refractivity contribution is 5.93. The van der Waals surface area contributed by atoms with Crippen LogP contribution in [0, 0.1) is 11.8 Å². The maximum Gasteiger partial charge on any atom is 0.265 e. The molecule has 0 heterocycles. The molecule has 0 aromatic heterocycles. The summed E-state index contributed by atoms with van der Waals surface area (Å²) < 4.78 is 0. The molecule has 0 saturated heterocycles. The first-order valence-electron chi connectivity index (χ1n) is 6.45. The molecule has 2 aliphatic carbocycles. The van der Waals surface area contributed by atoms with Crippen LogP contribution in [0.1, 0.15) is 36.0 Å². The first kappa shape index (κ1) is 10.8. The lowest BCUT2D eigenvalue weighted by atomic mass is 10.1. The van der Waals surface area contributed by atoms with Crippen molar-refractivity contribution < 1.29 is 4.79 Å². The average molecular weight is 230 g/mol. The summed E-state index contributed by atoms with van der Waals surface area (Å²) in [6, 6.07) is 9.85. The van der Waals surface area contributed by atoms with Gasteiger partial charge in [-0.1, -0.05) is 18.2 Å². The molecule has 1 aromatic carbocycles. The van der Waals surface area contributed by atoms with Gasteiger partial charge < -0.3 is 0 Å². The Balaban J connectivity index is 1.54. The van der Waals surface area contributed by atoms with Gasteiger partial charge in [0.1, 0.15) is 0 Å². The zero-order valence-electron chi connectivity index (χ0n) is 9.86. The Morgan fingerprint density at radius 3 is 2.18 bits per heavy atom. The molecule has 2 N–H and O–H groups in total.